The number of amides is 1. The molecule has 0 saturated heterocycles. The van der Waals surface area contributed by atoms with Crippen LogP contribution in [0.3, 0.4) is 0 Å². The zero-order valence-electron chi connectivity index (χ0n) is 16.6. The van der Waals surface area contributed by atoms with Crippen LogP contribution in [0.5, 0.6) is 5.75 Å². The molecular formula is C24H24F2N2O2. The van der Waals surface area contributed by atoms with E-state index >= 15 is 0 Å². The van der Waals surface area contributed by atoms with Crippen molar-refractivity contribution in [2.45, 2.75) is 25.6 Å². The number of ether oxygens (including phenoxy) is 1. The smallest absolute Gasteiger partial charge is 0.387 e. The number of benzene rings is 3. The van der Waals surface area contributed by atoms with Crippen molar-refractivity contribution >= 4 is 5.91 Å². The normalized spacial score (nSPS) is 12.9. The average molecular weight is 410 g/mol. The predicted octanol–water partition coefficient (Wildman–Crippen LogP) is 4.84. The number of rotatable bonds is 9. The number of hydrogen-bond acceptors (Lipinski definition) is 3. The Morgan fingerprint density at radius 1 is 0.833 bits per heavy atom. The van der Waals surface area contributed by atoms with Crippen LogP contribution >= 0.6 is 0 Å². The van der Waals surface area contributed by atoms with E-state index in [1.165, 1.54) is 12.1 Å². The summed E-state index contributed by atoms with van der Waals surface area (Å²) in [4.78, 5) is 12.7. The van der Waals surface area contributed by atoms with Crippen molar-refractivity contribution in [3.05, 3.63) is 102 Å². The van der Waals surface area contributed by atoms with Crippen LogP contribution in [0.2, 0.25) is 0 Å². The van der Waals surface area contributed by atoms with Crippen LogP contribution in [0.1, 0.15) is 35.7 Å². The summed E-state index contributed by atoms with van der Waals surface area (Å²) in [5, 5.41) is 6.25. The van der Waals surface area contributed by atoms with Crippen LogP contribution in [0.15, 0.2) is 84.9 Å². The molecule has 6 heteroatoms. The van der Waals surface area contributed by atoms with E-state index < -0.39 is 12.7 Å². The molecule has 2 N–H and O–H groups in total. The van der Waals surface area contributed by atoms with E-state index in [0.29, 0.717) is 0 Å². The maximum absolute atomic E-state index is 12.7. The number of nitrogens with one attached hydrogen (secondary N) is 2. The summed E-state index contributed by atoms with van der Waals surface area (Å²) in [6.45, 7) is -0.733. The Morgan fingerprint density at radius 2 is 1.37 bits per heavy atom. The second kappa shape index (κ2) is 10.5. The lowest BCUT2D eigenvalue weighted by molar-refractivity contribution is -0.120. The molecule has 0 bridgehead atoms. The molecule has 0 unspecified atom stereocenters. The lowest BCUT2D eigenvalue weighted by Crippen LogP contribution is -2.37. The zero-order valence-corrected chi connectivity index (χ0v) is 16.6. The molecule has 0 aromatic heterocycles. The Morgan fingerprint density at radius 3 is 1.93 bits per heavy atom. The third-order valence-electron chi connectivity index (χ3n) is 4.75. The fourth-order valence-electron chi connectivity index (χ4n) is 3.16. The average Bonchev–Trinajstić information content (AvgIpc) is 2.77. The first-order valence-corrected chi connectivity index (χ1v) is 9.70. The molecule has 0 fully saturated rings. The standard InChI is InChI=1S/C24H24F2N2O2/c1-17(18-8-4-2-5-9-18)27-16-22(29)28-23(19-10-6-3-7-11-19)20-12-14-21(15-13-20)30-24(25)26/h2-15,17,23-24,27H,16H2,1H3,(H,28,29)/t17-,23+/m1/s1. The maximum atomic E-state index is 12.7. The summed E-state index contributed by atoms with van der Waals surface area (Å²) in [7, 11) is 0. The van der Waals surface area contributed by atoms with Gasteiger partial charge in [0.1, 0.15) is 5.75 Å². The second-order valence-corrected chi connectivity index (χ2v) is 6.87. The van der Waals surface area contributed by atoms with Crippen molar-refractivity contribution < 1.29 is 18.3 Å². The van der Waals surface area contributed by atoms with Gasteiger partial charge >= 0.3 is 6.61 Å². The van der Waals surface area contributed by atoms with Crippen molar-refractivity contribution in [2.24, 2.45) is 0 Å². The Labute approximate surface area is 174 Å². The van der Waals surface area contributed by atoms with Crippen LogP contribution < -0.4 is 15.4 Å². The molecule has 3 aromatic rings. The predicted molar refractivity (Wildman–Crippen MR) is 112 cm³/mol. The van der Waals surface area contributed by atoms with E-state index in [1.54, 1.807) is 12.1 Å². The molecule has 0 saturated carbocycles. The summed E-state index contributed by atoms with van der Waals surface area (Å²) in [5.74, 6) is -0.0928. The largest absolute Gasteiger partial charge is 0.435 e. The first-order chi connectivity index (χ1) is 14.5. The number of carbonyl (C=O) groups excluding carboxylic acids is 1. The summed E-state index contributed by atoms with van der Waals surface area (Å²) >= 11 is 0. The lowest BCUT2D eigenvalue weighted by Gasteiger charge is -2.21. The highest BCUT2D eigenvalue weighted by atomic mass is 19.3. The van der Waals surface area contributed by atoms with E-state index in [-0.39, 0.29) is 24.2 Å². The van der Waals surface area contributed by atoms with E-state index in [2.05, 4.69) is 15.4 Å². The summed E-state index contributed by atoms with van der Waals surface area (Å²) in [5.41, 5.74) is 2.76. The van der Waals surface area contributed by atoms with Crippen molar-refractivity contribution in [2.75, 3.05) is 6.54 Å². The molecule has 156 valence electrons. The lowest BCUT2D eigenvalue weighted by atomic mass is 9.98. The van der Waals surface area contributed by atoms with Gasteiger partial charge in [0.05, 0.1) is 12.6 Å². The molecule has 0 heterocycles. The van der Waals surface area contributed by atoms with Crippen molar-refractivity contribution in [1.29, 1.82) is 0 Å². The van der Waals surface area contributed by atoms with Gasteiger partial charge in [-0.15, -0.1) is 0 Å². The monoisotopic (exact) mass is 410 g/mol. The van der Waals surface area contributed by atoms with Crippen LogP contribution in [-0.4, -0.2) is 19.1 Å². The molecule has 1 amide bonds. The molecule has 3 aromatic carbocycles. The van der Waals surface area contributed by atoms with Gasteiger partial charge in [0.2, 0.25) is 5.91 Å². The molecule has 0 aliphatic heterocycles. The number of alkyl halides is 2. The van der Waals surface area contributed by atoms with Crippen LogP contribution in [0.25, 0.3) is 0 Å². The van der Waals surface area contributed by atoms with Gasteiger partial charge < -0.3 is 15.4 Å². The first kappa shape index (κ1) is 21.5. The van der Waals surface area contributed by atoms with Crippen molar-refractivity contribution in [3.63, 3.8) is 0 Å². The fraction of sp³-hybridized carbons (Fsp3) is 0.208. The highest BCUT2D eigenvalue weighted by Gasteiger charge is 2.18. The molecule has 0 aliphatic rings. The van der Waals surface area contributed by atoms with Gasteiger partial charge in [-0.3, -0.25) is 4.79 Å². The van der Waals surface area contributed by atoms with E-state index in [9.17, 15) is 13.6 Å². The van der Waals surface area contributed by atoms with Crippen molar-refractivity contribution in [3.8, 4) is 5.75 Å². The van der Waals surface area contributed by atoms with Gasteiger partial charge in [0.15, 0.2) is 0 Å². The maximum Gasteiger partial charge on any atom is 0.387 e. The van der Waals surface area contributed by atoms with Gasteiger partial charge in [0, 0.05) is 6.04 Å². The van der Waals surface area contributed by atoms with Gasteiger partial charge in [-0.25, -0.2) is 0 Å². The van der Waals surface area contributed by atoms with Gasteiger partial charge in [-0.2, -0.15) is 8.78 Å². The van der Waals surface area contributed by atoms with Crippen LogP contribution in [0.4, 0.5) is 8.78 Å². The quantitative estimate of drug-likeness (QED) is 0.531. The topological polar surface area (TPSA) is 50.4 Å². The SMILES string of the molecule is C[C@@H](NCC(=O)N[C@@H](c1ccccc1)c1ccc(OC(F)F)cc1)c1ccccc1. The molecule has 2 atom stereocenters. The number of carbonyl (C=O) groups is 1. The second-order valence-electron chi connectivity index (χ2n) is 6.87. The fourth-order valence-corrected chi connectivity index (χ4v) is 3.16. The highest BCUT2D eigenvalue weighted by molar-refractivity contribution is 5.79. The molecular weight excluding hydrogens is 386 g/mol. The number of halogens is 2. The first-order valence-electron chi connectivity index (χ1n) is 9.70. The van der Waals surface area contributed by atoms with Crippen LogP contribution in [0, 0.1) is 0 Å². The molecule has 0 aliphatic carbocycles. The summed E-state index contributed by atoms with van der Waals surface area (Å²) < 4.78 is 29.2. The van der Waals surface area contributed by atoms with Gasteiger partial charge in [-0.1, -0.05) is 72.8 Å². The third-order valence-corrected chi connectivity index (χ3v) is 4.75. The number of hydrogen-bond donors (Lipinski definition) is 2. The van der Waals surface area contributed by atoms with E-state index in [4.69, 9.17) is 0 Å². The molecule has 4 nitrogen and oxygen atoms in total. The Kier molecular flexibility index (Phi) is 7.51. The molecule has 0 radical (unpaired) electrons. The van der Waals surface area contributed by atoms with E-state index in [0.717, 1.165) is 16.7 Å². The molecule has 0 spiro atoms. The third kappa shape index (κ3) is 6.12. The zero-order chi connectivity index (χ0) is 21.3. The Hall–Kier alpha value is -3.25. The Bertz CT molecular complexity index is 919. The van der Waals surface area contributed by atoms with Gasteiger partial charge in [0.25, 0.3) is 0 Å². The minimum absolute atomic E-state index is 0.0258. The molecule has 3 rings (SSSR count). The van der Waals surface area contributed by atoms with E-state index in [1.807, 2.05) is 67.6 Å². The minimum atomic E-state index is -2.88. The summed E-state index contributed by atoms with van der Waals surface area (Å²) in [6, 6.07) is 25.3. The minimum Gasteiger partial charge on any atom is -0.435 e. The Balaban J connectivity index is 1.69. The molecule has 30 heavy (non-hydrogen) atoms. The van der Waals surface area contributed by atoms with Crippen molar-refractivity contribution in [1.82, 2.24) is 10.6 Å². The summed E-state index contributed by atoms with van der Waals surface area (Å²) in [6.07, 6.45) is 0. The van der Waals surface area contributed by atoms with Gasteiger partial charge in [-0.05, 0) is 35.7 Å². The highest BCUT2D eigenvalue weighted by Crippen LogP contribution is 2.25. The van der Waals surface area contributed by atoms with Crippen LogP contribution in [-0.2, 0) is 4.79 Å².